The molecule has 0 aromatic carbocycles. The summed E-state index contributed by atoms with van der Waals surface area (Å²) in [5.41, 5.74) is -0.501. The lowest BCUT2D eigenvalue weighted by Crippen LogP contribution is -2.28. The number of furan rings is 1. The van der Waals surface area contributed by atoms with Gasteiger partial charge in [0.1, 0.15) is 5.76 Å². The van der Waals surface area contributed by atoms with Crippen LogP contribution in [0.3, 0.4) is 0 Å². The van der Waals surface area contributed by atoms with Crippen LogP contribution in [0.15, 0.2) is 35.1 Å². The van der Waals surface area contributed by atoms with Gasteiger partial charge in [-0.3, -0.25) is 19.0 Å². The molecule has 0 fully saturated rings. The van der Waals surface area contributed by atoms with Crippen LogP contribution in [0.2, 0.25) is 0 Å². The fraction of sp³-hybridized carbons (Fsp3) is 0.400. The number of hydrogen-bond acceptors (Lipinski definition) is 5. The molecular formula is C20H23F3N6O3. The minimum Gasteiger partial charge on any atom is -0.467 e. The summed E-state index contributed by atoms with van der Waals surface area (Å²) in [6.45, 7) is 5.43. The molecule has 0 aliphatic heterocycles. The van der Waals surface area contributed by atoms with Gasteiger partial charge in [0.15, 0.2) is 11.4 Å². The normalized spacial score (nSPS) is 12.6. The van der Waals surface area contributed by atoms with E-state index in [1.54, 1.807) is 19.1 Å². The number of halogens is 3. The largest absolute Gasteiger partial charge is 0.467 e. The van der Waals surface area contributed by atoms with Crippen molar-refractivity contribution in [3.8, 4) is 0 Å². The van der Waals surface area contributed by atoms with Crippen molar-refractivity contribution in [3.05, 3.63) is 53.5 Å². The second-order valence-electron chi connectivity index (χ2n) is 7.25. The summed E-state index contributed by atoms with van der Waals surface area (Å²) in [6, 6.07) is 4.33. The first-order valence-electron chi connectivity index (χ1n) is 9.89. The average Bonchev–Trinajstić information content (AvgIpc) is 3.46. The number of amides is 2. The number of anilines is 1. The predicted octanol–water partition coefficient (Wildman–Crippen LogP) is 3.22. The molecule has 12 heteroatoms. The molecule has 0 saturated carbocycles. The summed E-state index contributed by atoms with van der Waals surface area (Å²) in [5, 5.41) is 13.0. The Kier molecular flexibility index (Phi) is 6.70. The minimum atomic E-state index is -4.56. The summed E-state index contributed by atoms with van der Waals surface area (Å²) in [6.07, 6.45) is -1.55. The Labute approximate surface area is 181 Å². The Balaban J connectivity index is 1.69. The Hall–Kier alpha value is -3.57. The van der Waals surface area contributed by atoms with Crippen molar-refractivity contribution in [1.82, 2.24) is 24.9 Å². The molecule has 9 nitrogen and oxygen atoms in total. The van der Waals surface area contributed by atoms with E-state index in [0.717, 1.165) is 10.7 Å². The van der Waals surface area contributed by atoms with Crippen molar-refractivity contribution < 1.29 is 27.2 Å². The maximum absolute atomic E-state index is 12.9. The SMILES string of the molecule is CCn1cc(NC(=O)C(C)Cn2nc(C(F)(F)F)cc2C)c(C(=O)NCc2ccco2)n1. The summed E-state index contributed by atoms with van der Waals surface area (Å²) in [7, 11) is 0. The van der Waals surface area contributed by atoms with Crippen molar-refractivity contribution >= 4 is 17.5 Å². The van der Waals surface area contributed by atoms with E-state index >= 15 is 0 Å². The number of nitrogens with zero attached hydrogens (tertiary/aromatic N) is 4. The van der Waals surface area contributed by atoms with Gasteiger partial charge in [-0.15, -0.1) is 0 Å². The Morgan fingerprint density at radius 3 is 2.62 bits per heavy atom. The zero-order chi connectivity index (χ0) is 23.5. The van der Waals surface area contributed by atoms with Crippen molar-refractivity contribution in [2.45, 2.75) is 46.6 Å². The second kappa shape index (κ2) is 9.28. The van der Waals surface area contributed by atoms with Crippen molar-refractivity contribution in [2.75, 3.05) is 5.32 Å². The van der Waals surface area contributed by atoms with E-state index in [0.29, 0.717) is 12.3 Å². The van der Waals surface area contributed by atoms with E-state index in [1.165, 1.54) is 24.1 Å². The summed E-state index contributed by atoms with van der Waals surface area (Å²) in [4.78, 5) is 25.3. The smallest absolute Gasteiger partial charge is 0.435 e. The Bertz CT molecular complexity index is 1080. The van der Waals surface area contributed by atoms with Crippen LogP contribution < -0.4 is 10.6 Å². The first kappa shape index (κ1) is 23.1. The van der Waals surface area contributed by atoms with Crippen LogP contribution in [0.25, 0.3) is 0 Å². The van der Waals surface area contributed by atoms with Crippen LogP contribution >= 0.6 is 0 Å². The number of aryl methyl sites for hydroxylation is 2. The third kappa shape index (κ3) is 5.37. The van der Waals surface area contributed by atoms with Crippen LogP contribution in [-0.2, 0) is 30.6 Å². The molecule has 32 heavy (non-hydrogen) atoms. The third-order valence-electron chi connectivity index (χ3n) is 4.73. The molecule has 0 saturated heterocycles. The molecule has 0 spiro atoms. The lowest BCUT2D eigenvalue weighted by molar-refractivity contribution is -0.141. The number of aromatic nitrogens is 4. The molecule has 3 aromatic heterocycles. The van der Waals surface area contributed by atoms with Crippen LogP contribution in [0.4, 0.5) is 18.9 Å². The average molecular weight is 452 g/mol. The number of hydrogen-bond donors (Lipinski definition) is 2. The zero-order valence-corrected chi connectivity index (χ0v) is 17.7. The molecule has 1 atom stereocenters. The molecule has 0 bridgehead atoms. The highest BCUT2D eigenvalue weighted by Gasteiger charge is 2.34. The summed E-state index contributed by atoms with van der Waals surface area (Å²) in [5.74, 6) is -1.16. The molecule has 0 aliphatic rings. The summed E-state index contributed by atoms with van der Waals surface area (Å²) < 4.78 is 46.4. The van der Waals surface area contributed by atoms with Crippen LogP contribution in [0.5, 0.6) is 0 Å². The van der Waals surface area contributed by atoms with Crippen molar-refractivity contribution in [2.24, 2.45) is 5.92 Å². The maximum Gasteiger partial charge on any atom is 0.435 e. The molecule has 3 heterocycles. The highest BCUT2D eigenvalue weighted by Crippen LogP contribution is 2.28. The Morgan fingerprint density at radius 2 is 2.03 bits per heavy atom. The third-order valence-corrected chi connectivity index (χ3v) is 4.73. The molecular weight excluding hydrogens is 429 g/mol. The van der Waals surface area contributed by atoms with Crippen LogP contribution in [0.1, 0.15) is 41.5 Å². The van der Waals surface area contributed by atoms with E-state index < -0.39 is 29.6 Å². The molecule has 0 aliphatic carbocycles. The number of nitrogens with one attached hydrogen (secondary N) is 2. The number of rotatable bonds is 8. The standard InChI is InChI=1S/C20H23F3N6O3/c1-4-28-11-15(17(27-28)19(31)24-9-14-6-5-7-32-14)25-18(30)12(2)10-29-13(3)8-16(26-29)20(21,22)23/h5-8,11-12H,4,9-10H2,1-3H3,(H,24,31)(H,25,30). The van der Waals surface area contributed by atoms with Gasteiger partial charge in [0.2, 0.25) is 5.91 Å². The fourth-order valence-corrected chi connectivity index (χ4v) is 2.94. The number of alkyl halides is 3. The van der Waals surface area contributed by atoms with Crippen molar-refractivity contribution in [1.29, 1.82) is 0 Å². The lowest BCUT2D eigenvalue weighted by atomic mass is 10.1. The van der Waals surface area contributed by atoms with Gasteiger partial charge >= 0.3 is 6.18 Å². The molecule has 1 unspecified atom stereocenters. The number of carbonyl (C=O) groups excluding carboxylic acids is 2. The van der Waals surface area contributed by atoms with Gasteiger partial charge in [-0.25, -0.2) is 0 Å². The van der Waals surface area contributed by atoms with Gasteiger partial charge < -0.3 is 15.1 Å². The maximum atomic E-state index is 12.9. The molecule has 2 N–H and O–H groups in total. The molecule has 2 amide bonds. The minimum absolute atomic E-state index is 0.0218. The van der Waals surface area contributed by atoms with E-state index in [4.69, 9.17) is 4.42 Å². The van der Waals surface area contributed by atoms with Gasteiger partial charge in [0, 0.05) is 18.4 Å². The van der Waals surface area contributed by atoms with Gasteiger partial charge in [0.25, 0.3) is 5.91 Å². The number of carbonyl (C=O) groups is 2. The molecule has 3 rings (SSSR count). The first-order chi connectivity index (χ1) is 15.1. The molecule has 172 valence electrons. The second-order valence-corrected chi connectivity index (χ2v) is 7.25. The van der Waals surface area contributed by atoms with Gasteiger partial charge in [0.05, 0.1) is 31.0 Å². The quantitative estimate of drug-likeness (QED) is 0.546. The fourth-order valence-electron chi connectivity index (χ4n) is 2.94. The Morgan fingerprint density at radius 1 is 1.28 bits per heavy atom. The predicted molar refractivity (Wildman–Crippen MR) is 108 cm³/mol. The van der Waals surface area contributed by atoms with Gasteiger partial charge in [-0.2, -0.15) is 23.4 Å². The highest BCUT2D eigenvalue weighted by atomic mass is 19.4. The first-order valence-corrected chi connectivity index (χ1v) is 9.89. The molecule has 0 radical (unpaired) electrons. The van der Waals surface area contributed by atoms with E-state index in [1.807, 2.05) is 6.92 Å². The van der Waals surface area contributed by atoms with Crippen molar-refractivity contribution in [3.63, 3.8) is 0 Å². The molecule has 3 aromatic rings. The van der Waals surface area contributed by atoms with Gasteiger partial charge in [-0.05, 0) is 32.0 Å². The topological polar surface area (TPSA) is 107 Å². The van der Waals surface area contributed by atoms with E-state index in [-0.39, 0.29) is 30.2 Å². The monoisotopic (exact) mass is 452 g/mol. The van der Waals surface area contributed by atoms with E-state index in [2.05, 4.69) is 20.8 Å². The van der Waals surface area contributed by atoms with E-state index in [9.17, 15) is 22.8 Å². The lowest BCUT2D eigenvalue weighted by Gasteiger charge is -2.13. The van der Waals surface area contributed by atoms with Gasteiger partial charge in [-0.1, -0.05) is 6.92 Å². The van der Waals surface area contributed by atoms with Crippen LogP contribution in [-0.4, -0.2) is 31.4 Å². The zero-order valence-electron chi connectivity index (χ0n) is 17.7. The summed E-state index contributed by atoms with van der Waals surface area (Å²) >= 11 is 0. The highest BCUT2D eigenvalue weighted by molar-refractivity contribution is 6.02. The van der Waals surface area contributed by atoms with Crippen LogP contribution in [0, 0.1) is 12.8 Å².